The van der Waals surface area contributed by atoms with Crippen LogP contribution in [-0.2, 0) is 0 Å². The molecule has 1 unspecified atom stereocenters. The second kappa shape index (κ2) is 7.74. The van der Waals surface area contributed by atoms with E-state index in [2.05, 4.69) is 27.1 Å². The fraction of sp³-hybridized carbons (Fsp3) is 0.750. The van der Waals surface area contributed by atoms with E-state index in [0.29, 0.717) is 6.04 Å². The van der Waals surface area contributed by atoms with Crippen LogP contribution in [0.1, 0.15) is 30.5 Å². The Hall–Kier alpha value is -1.40. The summed E-state index contributed by atoms with van der Waals surface area (Å²) >= 11 is 0. The lowest BCUT2D eigenvalue weighted by Crippen LogP contribution is -2.44. The summed E-state index contributed by atoms with van der Waals surface area (Å²) in [6, 6.07) is 0.320. The van der Waals surface area contributed by atoms with Crippen LogP contribution in [0, 0.1) is 13.8 Å². The van der Waals surface area contributed by atoms with Crippen molar-refractivity contribution in [2.24, 2.45) is 0 Å². The SMILES string of the molecule is Cc1nc(N(C)C)nc(NCCN2CCCCC2CO)c1C. The van der Waals surface area contributed by atoms with Crippen LogP contribution in [0.2, 0.25) is 0 Å². The van der Waals surface area contributed by atoms with Gasteiger partial charge in [0, 0.05) is 44.5 Å². The van der Waals surface area contributed by atoms with Crippen LogP contribution in [0.3, 0.4) is 0 Å². The Morgan fingerprint density at radius 2 is 2.05 bits per heavy atom. The van der Waals surface area contributed by atoms with E-state index in [-0.39, 0.29) is 6.61 Å². The lowest BCUT2D eigenvalue weighted by atomic mass is 10.0. The first-order valence-electron chi connectivity index (χ1n) is 8.14. The highest BCUT2D eigenvalue weighted by Gasteiger charge is 2.21. The third-order valence-corrected chi connectivity index (χ3v) is 4.43. The summed E-state index contributed by atoms with van der Waals surface area (Å²) in [6.07, 6.45) is 3.56. The van der Waals surface area contributed by atoms with Gasteiger partial charge in [0.1, 0.15) is 5.82 Å². The van der Waals surface area contributed by atoms with E-state index in [1.54, 1.807) is 0 Å². The quantitative estimate of drug-likeness (QED) is 0.829. The van der Waals surface area contributed by atoms with Gasteiger partial charge in [-0.15, -0.1) is 0 Å². The zero-order valence-electron chi connectivity index (χ0n) is 14.3. The van der Waals surface area contributed by atoms with Gasteiger partial charge in [-0.3, -0.25) is 4.90 Å². The van der Waals surface area contributed by atoms with Crippen molar-refractivity contribution in [3.05, 3.63) is 11.3 Å². The summed E-state index contributed by atoms with van der Waals surface area (Å²) in [5.74, 6) is 1.64. The van der Waals surface area contributed by atoms with Crippen LogP contribution in [0.15, 0.2) is 0 Å². The van der Waals surface area contributed by atoms with Crippen LogP contribution >= 0.6 is 0 Å². The smallest absolute Gasteiger partial charge is 0.227 e. The van der Waals surface area contributed by atoms with Crippen LogP contribution < -0.4 is 10.2 Å². The lowest BCUT2D eigenvalue weighted by Gasteiger charge is -2.34. The Kier molecular flexibility index (Phi) is 5.97. The van der Waals surface area contributed by atoms with Crippen LogP contribution in [-0.4, -0.2) is 66.4 Å². The molecule has 0 aromatic carbocycles. The fourth-order valence-corrected chi connectivity index (χ4v) is 2.87. The van der Waals surface area contributed by atoms with E-state index < -0.39 is 0 Å². The summed E-state index contributed by atoms with van der Waals surface area (Å²) in [6.45, 7) is 7.18. The van der Waals surface area contributed by atoms with E-state index in [0.717, 1.165) is 49.1 Å². The molecule has 124 valence electrons. The number of hydrogen-bond acceptors (Lipinski definition) is 6. The Bertz CT molecular complexity index is 492. The van der Waals surface area contributed by atoms with Gasteiger partial charge in [0.25, 0.3) is 0 Å². The molecule has 6 heteroatoms. The Morgan fingerprint density at radius 3 is 2.73 bits per heavy atom. The first-order chi connectivity index (χ1) is 10.5. The number of nitrogens with one attached hydrogen (secondary N) is 1. The maximum absolute atomic E-state index is 9.47. The number of hydrogen-bond donors (Lipinski definition) is 2. The molecular formula is C16H29N5O. The molecule has 0 aliphatic carbocycles. The van der Waals surface area contributed by atoms with E-state index in [1.165, 1.54) is 12.8 Å². The van der Waals surface area contributed by atoms with E-state index >= 15 is 0 Å². The maximum Gasteiger partial charge on any atom is 0.227 e. The molecule has 22 heavy (non-hydrogen) atoms. The minimum absolute atomic E-state index is 0.260. The maximum atomic E-state index is 9.47. The lowest BCUT2D eigenvalue weighted by molar-refractivity contribution is 0.0940. The number of piperidine rings is 1. The van der Waals surface area contributed by atoms with Crippen molar-refractivity contribution in [2.45, 2.75) is 39.2 Å². The first-order valence-corrected chi connectivity index (χ1v) is 8.14. The number of aromatic nitrogens is 2. The van der Waals surface area contributed by atoms with Gasteiger partial charge >= 0.3 is 0 Å². The van der Waals surface area contributed by atoms with Crippen molar-refractivity contribution in [1.29, 1.82) is 0 Å². The molecule has 2 N–H and O–H groups in total. The second-order valence-corrected chi connectivity index (χ2v) is 6.27. The summed E-state index contributed by atoms with van der Waals surface area (Å²) < 4.78 is 0. The number of rotatable bonds is 6. The van der Waals surface area contributed by atoms with Gasteiger partial charge in [0.2, 0.25) is 5.95 Å². The second-order valence-electron chi connectivity index (χ2n) is 6.27. The summed E-state index contributed by atoms with van der Waals surface area (Å²) in [5.41, 5.74) is 2.11. The van der Waals surface area contributed by atoms with Crippen LogP contribution in [0.5, 0.6) is 0 Å². The third kappa shape index (κ3) is 4.08. The summed E-state index contributed by atoms with van der Waals surface area (Å²) in [7, 11) is 3.90. The van der Waals surface area contributed by atoms with Crippen molar-refractivity contribution in [3.63, 3.8) is 0 Å². The van der Waals surface area contributed by atoms with Crippen molar-refractivity contribution in [2.75, 3.05) is 50.6 Å². The molecular weight excluding hydrogens is 278 g/mol. The fourth-order valence-electron chi connectivity index (χ4n) is 2.87. The van der Waals surface area contributed by atoms with Gasteiger partial charge < -0.3 is 15.3 Å². The first kappa shape index (κ1) is 17.0. The minimum atomic E-state index is 0.260. The summed E-state index contributed by atoms with van der Waals surface area (Å²) in [5, 5.41) is 12.9. The monoisotopic (exact) mass is 307 g/mol. The molecule has 6 nitrogen and oxygen atoms in total. The number of aliphatic hydroxyl groups is 1. The average molecular weight is 307 g/mol. The van der Waals surface area contributed by atoms with Gasteiger partial charge in [-0.1, -0.05) is 6.42 Å². The molecule has 0 bridgehead atoms. The Balaban J connectivity index is 1.96. The van der Waals surface area contributed by atoms with Gasteiger partial charge in [-0.2, -0.15) is 4.98 Å². The highest BCUT2D eigenvalue weighted by Crippen LogP contribution is 2.19. The van der Waals surface area contributed by atoms with Crippen molar-refractivity contribution >= 4 is 11.8 Å². The molecule has 0 amide bonds. The van der Waals surface area contributed by atoms with Crippen molar-refractivity contribution in [1.82, 2.24) is 14.9 Å². The average Bonchev–Trinajstić information content (AvgIpc) is 2.51. The third-order valence-electron chi connectivity index (χ3n) is 4.43. The molecule has 1 aliphatic heterocycles. The molecule has 1 aromatic heterocycles. The molecule has 0 saturated carbocycles. The van der Waals surface area contributed by atoms with Gasteiger partial charge in [-0.05, 0) is 33.2 Å². The largest absolute Gasteiger partial charge is 0.395 e. The highest BCUT2D eigenvalue weighted by molar-refractivity contribution is 5.50. The molecule has 1 aliphatic rings. The molecule has 1 saturated heterocycles. The van der Waals surface area contributed by atoms with Gasteiger partial charge in [-0.25, -0.2) is 4.98 Å². The van der Waals surface area contributed by atoms with Crippen LogP contribution in [0.25, 0.3) is 0 Å². The van der Waals surface area contributed by atoms with Crippen LogP contribution in [0.4, 0.5) is 11.8 Å². The van der Waals surface area contributed by atoms with Gasteiger partial charge in [0.15, 0.2) is 0 Å². The number of aliphatic hydroxyl groups excluding tert-OH is 1. The number of anilines is 2. The molecule has 1 aromatic rings. The normalized spacial score (nSPS) is 19.2. The van der Waals surface area contributed by atoms with Crippen molar-refractivity contribution in [3.8, 4) is 0 Å². The molecule has 1 atom stereocenters. The zero-order chi connectivity index (χ0) is 16.1. The number of nitrogens with zero attached hydrogens (tertiary/aromatic N) is 4. The van der Waals surface area contributed by atoms with E-state index in [9.17, 15) is 5.11 Å². The zero-order valence-corrected chi connectivity index (χ0v) is 14.3. The van der Waals surface area contributed by atoms with E-state index in [1.807, 2.05) is 25.9 Å². The molecule has 0 radical (unpaired) electrons. The molecule has 1 fully saturated rings. The number of aryl methyl sites for hydroxylation is 1. The predicted molar refractivity (Wildman–Crippen MR) is 90.6 cm³/mol. The molecule has 2 heterocycles. The minimum Gasteiger partial charge on any atom is -0.395 e. The van der Waals surface area contributed by atoms with Gasteiger partial charge in [0.05, 0.1) is 6.61 Å². The number of likely N-dealkylation sites (tertiary alicyclic amines) is 1. The Morgan fingerprint density at radius 1 is 1.27 bits per heavy atom. The highest BCUT2D eigenvalue weighted by atomic mass is 16.3. The van der Waals surface area contributed by atoms with E-state index in [4.69, 9.17) is 0 Å². The standard InChI is InChI=1S/C16H29N5O/c1-12-13(2)18-16(20(3)4)19-15(12)17-8-10-21-9-6-5-7-14(21)11-22/h14,22H,5-11H2,1-4H3,(H,17,18,19). The molecule has 0 spiro atoms. The predicted octanol–water partition coefficient (Wildman–Crippen LogP) is 1.42. The summed E-state index contributed by atoms with van der Waals surface area (Å²) in [4.78, 5) is 13.4. The van der Waals surface area contributed by atoms with Crippen molar-refractivity contribution < 1.29 is 5.11 Å². The molecule has 2 rings (SSSR count). The topological polar surface area (TPSA) is 64.5 Å². The Labute approximate surface area is 133 Å².